The molecule has 118 valence electrons. The van der Waals surface area contributed by atoms with Crippen molar-refractivity contribution in [1.82, 2.24) is 5.32 Å². The molecule has 3 nitrogen and oxygen atoms in total. The summed E-state index contributed by atoms with van der Waals surface area (Å²) in [6, 6.07) is 5.34. The standard InChI is InChI=1S/C17H26FNO2/c1-16(2,3)19-11-17(8-9-21-12-17)10-13-6-5-7-14(20-4)15(13)18/h5-7,19H,8-12H2,1-4H3. The van der Waals surface area contributed by atoms with Crippen molar-refractivity contribution in [2.24, 2.45) is 5.41 Å². The molecule has 0 spiro atoms. The van der Waals surface area contributed by atoms with Gasteiger partial charge in [0.05, 0.1) is 13.7 Å². The number of nitrogens with one attached hydrogen (secondary N) is 1. The van der Waals surface area contributed by atoms with Crippen LogP contribution in [0.2, 0.25) is 0 Å². The number of ether oxygens (including phenoxy) is 2. The number of methoxy groups -OCH3 is 1. The number of hydrogen-bond donors (Lipinski definition) is 1. The maximum atomic E-state index is 14.4. The van der Waals surface area contributed by atoms with E-state index < -0.39 is 0 Å². The van der Waals surface area contributed by atoms with E-state index in [0.29, 0.717) is 24.3 Å². The van der Waals surface area contributed by atoms with Crippen molar-refractivity contribution in [3.8, 4) is 5.75 Å². The minimum atomic E-state index is -0.248. The Bertz CT molecular complexity index is 476. The van der Waals surface area contributed by atoms with Crippen molar-refractivity contribution in [2.75, 3.05) is 26.9 Å². The van der Waals surface area contributed by atoms with Gasteiger partial charge in [-0.15, -0.1) is 0 Å². The predicted octanol–water partition coefficient (Wildman–Crippen LogP) is 3.17. The molecule has 0 saturated carbocycles. The first-order valence-corrected chi connectivity index (χ1v) is 7.49. The average Bonchev–Trinajstić information content (AvgIpc) is 2.87. The van der Waals surface area contributed by atoms with E-state index in [-0.39, 0.29) is 16.8 Å². The van der Waals surface area contributed by atoms with E-state index in [4.69, 9.17) is 9.47 Å². The number of hydrogen-bond acceptors (Lipinski definition) is 3. The Labute approximate surface area is 126 Å². The van der Waals surface area contributed by atoms with Gasteiger partial charge in [-0.25, -0.2) is 4.39 Å². The van der Waals surface area contributed by atoms with Crippen molar-refractivity contribution >= 4 is 0 Å². The molecule has 1 aromatic rings. The fourth-order valence-corrected chi connectivity index (χ4v) is 2.70. The first-order valence-electron chi connectivity index (χ1n) is 7.49. The molecule has 1 heterocycles. The topological polar surface area (TPSA) is 30.5 Å². The van der Waals surface area contributed by atoms with Gasteiger partial charge in [-0.2, -0.15) is 0 Å². The molecule has 1 unspecified atom stereocenters. The summed E-state index contributed by atoms with van der Waals surface area (Å²) >= 11 is 0. The second kappa shape index (κ2) is 6.32. The first-order chi connectivity index (χ1) is 9.85. The Morgan fingerprint density at radius 1 is 1.38 bits per heavy atom. The average molecular weight is 295 g/mol. The van der Waals surface area contributed by atoms with Gasteiger partial charge in [-0.05, 0) is 45.2 Å². The third kappa shape index (κ3) is 4.17. The summed E-state index contributed by atoms with van der Waals surface area (Å²) in [5, 5.41) is 3.54. The number of halogens is 1. The minimum absolute atomic E-state index is 0.0412. The Morgan fingerprint density at radius 2 is 2.14 bits per heavy atom. The summed E-state index contributed by atoms with van der Waals surface area (Å²) in [4.78, 5) is 0. The lowest BCUT2D eigenvalue weighted by Gasteiger charge is -2.32. The van der Waals surface area contributed by atoms with Crippen LogP contribution in [0.3, 0.4) is 0 Å². The highest BCUT2D eigenvalue weighted by Gasteiger charge is 2.36. The van der Waals surface area contributed by atoms with Gasteiger partial charge in [0.15, 0.2) is 11.6 Å². The van der Waals surface area contributed by atoms with Crippen LogP contribution in [-0.4, -0.2) is 32.4 Å². The lowest BCUT2D eigenvalue weighted by molar-refractivity contribution is 0.143. The smallest absolute Gasteiger partial charge is 0.168 e. The third-order valence-electron chi connectivity index (χ3n) is 4.01. The maximum absolute atomic E-state index is 14.4. The van der Waals surface area contributed by atoms with Crippen molar-refractivity contribution < 1.29 is 13.9 Å². The summed E-state index contributed by atoms with van der Waals surface area (Å²) < 4.78 is 25.1. The zero-order valence-corrected chi connectivity index (χ0v) is 13.5. The Morgan fingerprint density at radius 3 is 2.71 bits per heavy atom. The highest BCUT2D eigenvalue weighted by molar-refractivity contribution is 5.32. The van der Waals surface area contributed by atoms with Crippen LogP contribution < -0.4 is 10.1 Å². The molecule has 1 aromatic carbocycles. The van der Waals surface area contributed by atoms with E-state index in [2.05, 4.69) is 26.1 Å². The van der Waals surface area contributed by atoms with Gasteiger partial charge in [-0.3, -0.25) is 0 Å². The van der Waals surface area contributed by atoms with Gasteiger partial charge >= 0.3 is 0 Å². The summed E-state index contributed by atoms with van der Waals surface area (Å²) in [5.41, 5.74) is 0.707. The quantitative estimate of drug-likeness (QED) is 0.905. The highest BCUT2D eigenvalue weighted by atomic mass is 19.1. The Hall–Kier alpha value is -1.13. The SMILES string of the molecule is COc1cccc(CC2(CNC(C)(C)C)CCOC2)c1F. The molecule has 0 radical (unpaired) electrons. The second-order valence-corrected chi connectivity index (χ2v) is 7.02. The van der Waals surface area contributed by atoms with Crippen molar-refractivity contribution in [1.29, 1.82) is 0 Å². The molecule has 2 rings (SSSR count). The molecule has 21 heavy (non-hydrogen) atoms. The second-order valence-electron chi connectivity index (χ2n) is 7.02. The summed E-state index contributed by atoms with van der Waals surface area (Å²) in [7, 11) is 1.50. The molecule has 1 aliphatic heterocycles. The first kappa shape index (κ1) is 16.2. The van der Waals surface area contributed by atoms with Crippen LogP contribution in [0.4, 0.5) is 4.39 Å². The summed E-state index contributed by atoms with van der Waals surface area (Å²) in [6.45, 7) is 8.67. The van der Waals surface area contributed by atoms with E-state index >= 15 is 0 Å². The molecular formula is C17H26FNO2. The lowest BCUT2D eigenvalue weighted by Crippen LogP contribution is -2.45. The molecule has 1 fully saturated rings. The zero-order valence-electron chi connectivity index (χ0n) is 13.5. The lowest BCUT2D eigenvalue weighted by atomic mass is 9.80. The van der Waals surface area contributed by atoms with Crippen LogP contribution in [0.1, 0.15) is 32.8 Å². The molecule has 0 aliphatic carbocycles. The normalized spacial score (nSPS) is 22.5. The highest BCUT2D eigenvalue weighted by Crippen LogP contribution is 2.34. The molecule has 1 aliphatic rings. The van der Waals surface area contributed by atoms with Crippen LogP contribution in [-0.2, 0) is 11.2 Å². The van der Waals surface area contributed by atoms with Crippen LogP contribution in [0.5, 0.6) is 5.75 Å². The minimum Gasteiger partial charge on any atom is -0.494 e. The largest absolute Gasteiger partial charge is 0.494 e. The molecule has 1 saturated heterocycles. The maximum Gasteiger partial charge on any atom is 0.168 e. The number of benzene rings is 1. The van der Waals surface area contributed by atoms with Crippen molar-refractivity contribution in [2.45, 2.75) is 39.2 Å². The van der Waals surface area contributed by atoms with Crippen LogP contribution >= 0.6 is 0 Å². The fourth-order valence-electron chi connectivity index (χ4n) is 2.70. The Kier molecular flexibility index (Phi) is 4.89. The monoisotopic (exact) mass is 295 g/mol. The van der Waals surface area contributed by atoms with E-state index in [1.54, 1.807) is 6.07 Å². The summed E-state index contributed by atoms with van der Waals surface area (Å²) in [5.74, 6) is 0.0624. The molecule has 0 amide bonds. The molecular weight excluding hydrogens is 269 g/mol. The molecule has 0 bridgehead atoms. The van der Waals surface area contributed by atoms with Gasteiger partial charge < -0.3 is 14.8 Å². The van der Waals surface area contributed by atoms with Gasteiger partial charge in [0, 0.05) is 24.1 Å². The predicted molar refractivity (Wildman–Crippen MR) is 82.3 cm³/mol. The van der Waals surface area contributed by atoms with Crippen LogP contribution in [0, 0.1) is 11.2 Å². The van der Waals surface area contributed by atoms with Crippen molar-refractivity contribution in [3.63, 3.8) is 0 Å². The van der Waals surface area contributed by atoms with E-state index in [0.717, 1.165) is 19.6 Å². The molecule has 1 atom stereocenters. The van der Waals surface area contributed by atoms with Crippen LogP contribution in [0.15, 0.2) is 18.2 Å². The van der Waals surface area contributed by atoms with E-state index in [1.807, 2.05) is 12.1 Å². The zero-order chi connectivity index (χ0) is 15.5. The van der Waals surface area contributed by atoms with Crippen LogP contribution in [0.25, 0.3) is 0 Å². The van der Waals surface area contributed by atoms with Gasteiger partial charge in [0.25, 0.3) is 0 Å². The summed E-state index contributed by atoms with van der Waals surface area (Å²) in [6.07, 6.45) is 1.62. The Balaban J connectivity index is 2.16. The van der Waals surface area contributed by atoms with E-state index in [9.17, 15) is 4.39 Å². The fraction of sp³-hybridized carbons (Fsp3) is 0.647. The van der Waals surface area contributed by atoms with E-state index in [1.165, 1.54) is 7.11 Å². The van der Waals surface area contributed by atoms with Gasteiger partial charge in [-0.1, -0.05) is 12.1 Å². The third-order valence-corrected chi connectivity index (χ3v) is 4.01. The van der Waals surface area contributed by atoms with Gasteiger partial charge in [0.1, 0.15) is 0 Å². The number of rotatable bonds is 5. The van der Waals surface area contributed by atoms with Gasteiger partial charge in [0.2, 0.25) is 0 Å². The van der Waals surface area contributed by atoms with Crippen molar-refractivity contribution in [3.05, 3.63) is 29.6 Å². The molecule has 4 heteroatoms. The molecule has 1 N–H and O–H groups in total. The molecule has 0 aromatic heterocycles.